The average Bonchev–Trinajstić information content (AvgIpc) is 2.92. The van der Waals surface area contributed by atoms with Crippen LogP contribution in [0.15, 0.2) is 126 Å². The fourth-order valence-electron chi connectivity index (χ4n) is 4.11. The van der Waals surface area contributed by atoms with E-state index in [0.717, 1.165) is 16.7 Å². The van der Waals surface area contributed by atoms with Gasteiger partial charge < -0.3 is 4.74 Å². The van der Waals surface area contributed by atoms with E-state index in [1.807, 2.05) is 66.9 Å². The lowest BCUT2D eigenvalue weighted by Gasteiger charge is -2.10. The van der Waals surface area contributed by atoms with Crippen LogP contribution in [-0.2, 0) is 0 Å². The minimum absolute atomic E-state index is 0.0254. The summed E-state index contributed by atoms with van der Waals surface area (Å²) in [6, 6.07) is 39.6. The van der Waals surface area contributed by atoms with E-state index in [0.29, 0.717) is 11.3 Å². The monoisotopic (exact) mass is 455 g/mol. The fraction of sp³-hybridized carbons (Fsp3) is 0.0625. The molecule has 5 aromatic carbocycles. The zero-order valence-electron chi connectivity index (χ0n) is 19.5. The highest BCUT2D eigenvalue weighted by atomic mass is 16.5. The molecule has 0 heterocycles. The molecule has 0 aliphatic heterocycles. The van der Waals surface area contributed by atoms with Gasteiger partial charge in [-0.1, -0.05) is 84.9 Å². The lowest BCUT2D eigenvalue weighted by Crippen LogP contribution is -2.08. The van der Waals surface area contributed by atoms with Crippen LogP contribution in [-0.4, -0.2) is 12.2 Å². The van der Waals surface area contributed by atoms with Crippen LogP contribution in [0.1, 0.15) is 34.5 Å². The number of benzene rings is 5. The van der Waals surface area contributed by atoms with Gasteiger partial charge in [-0.15, -0.1) is 0 Å². The van der Waals surface area contributed by atoms with Crippen molar-refractivity contribution < 1.29 is 9.53 Å². The highest BCUT2D eigenvalue weighted by Gasteiger charge is 2.10. The molecule has 0 bridgehead atoms. The maximum absolute atomic E-state index is 12.6. The van der Waals surface area contributed by atoms with Crippen LogP contribution in [0.4, 0.5) is 0 Å². The molecular weight excluding hydrogens is 430 g/mol. The second kappa shape index (κ2) is 10.2. The highest BCUT2D eigenvalue weighted by Crippen LogP contribution is 2.26. The van der Waals surface area contributed by atoms with E-state index in [-0.39, 0.29) is 12.0 Å². The van der Waals surface area contributed by atoms with Crippen LogP contribution in [0.3, 0.4) is 0 Å². The van der Waals surface area contributed by atoms with Gasteiger partial charge in [0.2, 0.25) is 0 Å². The van der Waals surface area contributed by atoms with Crippen molar-refractivity contribution in [3.63, 3.8) is 0 Å². The number of carbonyl (C=O) groups is 1. The van der Waals surface area contributed by atoms with E-state index < -0.39 is 0 Å². The summed E-state index contributed by atoms with van der Waals surface area (Å²) in [6.45, 7) is 2.09. The molecule has 1 unspecified atom stereocenters. The number of ether oxygens (including phenoxy) is 1. The lowest BCUT2D eigenvalue weighted by molar-refractivity contribution is 0.0735. The third-order valence-electron chi connectivity index (χ3n) is 6.04. The zero-order chi connectivity index (χ0) is 24.0. The van der Waals surface area contributed by atoms with Gasteiger partial charge in [-0.05, 0) is 76.3 Å². The van der Waals surface area contributed by atoms with Crippen molar-refractivity contribution in [1.29, 1.82) is 0 Å². The van der Waals surface area contributed by atoms with Gasteiger partial charge >= 0.3 is 5.97 Å². The Morgan fingerprint density at radius 2 is 1.37 bits per heavy atom. The van der Waals surface area contributed by atoms with E-state index in [9.17, 15) is 4.79 Å². The minimum atomic E-state index is -0.379. The normalized spacial score (nSPS) is 12.0. The molecule has 0 N–H and O–H groups in total. The number of rotatable bonds is 6. The first-order chi connectivity index (χ1) is 17.2. The molecule has 0 aliphatic rings. The Labute approximate surface area is 205 Å². The van der Waals surface area contributed by atoms with Gasteiger partial charge in [-0.2, -0.15) is 0 Å². The summed E-state index contributed by atoms with van der Waals surface area (Å²) in [5, 5.41) is 2.44. The van der Waals surface area contributed by atoms with Crippen molar-refractivity contribution in [2.75, 3.05) is 0 Å². The van der Waals surface area contributed by atoms with Crippen molar-refractivity contribution in [3.8, 4) is 16.9 Å². The van der Waals surface area contributed by atoms with Gasteiger partial charge in [0.05, 0.1) is 11.6 Å². The molecule has 0 saturated heterocycles. The molecule has 5 rings (SSSR count). The summed E-state index contributed by atoms with van der Waals surface area (Å²) < 4.78 is 5.56. The smallest absolute Gasteiger partial charge is 0.343 e. The molecule has 170 valence electrons. The van der Waals surface area contributed by atoms with E-state index in [1.165, 1.54) is 16.3 Å². The maximum Gasteiger partial charge on any atom is 0.343 e. The summed E-state index contributed by atoms with van der Waals surface area (Å²) in [5.74, 6) is 0.122. The van der Waals surface area contributed by atoms with Crippen molar-refractivity contribution >= 4 is 23.0 Å². The molecule has 3 heteroatoms. The number of aliphatic imine (C=N–C) groups is 1. The maximum atomic E-state index is 12.6. The van der Waals surface area contributed by atoms with E-state index >= 15 is 0 Å². The largest absolute Gasteiger partial charge is 0.423 e. The number of carbonyl (C=O) groups excluding carboxylic acids is 1. The number of nitrogens with zero attached hydrogens (tertiary/aromatic N) is 1. The van der Waals surface area contributed by atoms with Crippen molar-refractivity contribution in [2.45, 2.75) is 13.0 Å². The fourth-order valence-corrected chi connectivity index (χ4v) is 4.11. The lowest BCUT2D eigenvalue weighted by atomic mass is 10.00. The third-order valence-corrected chi connectivity index (χ3v) is 6.04. The van der Waals surface area contributed by atoms with Gasteiger partial charge in [-0.25, -0.2) is 4.79 Å². The SMILES string of the molecule is CC(N=Cc1ccc(OC(=O)c2ccc(-c3ccccc3)cc2)cc1)c1cccc2ccccc12. The van der Waals surface area contributed by atoms with Gasteiger partial charge in [0.1, 0.15) is 5.75 Å². The molecule has 5 aromatic rings. The quantitative estimate of drug-likeness (QED) is 0.148. The molecule has 0 spiro atoms. The summed E-state index contributed by atoms with van der Waals surface area (Å²) in [5.41, 5.74) is 4.83. The summed E-state index contributed by atoms with van der Waals surface area (Å²) in [7, 11) is 0. The molecule has 0 aromatic heterocycles. The number of hydrogen-bond acceptors (Lipinski definition) is 3. The molecule has 1 atom stereocenters. The third kappa shape index (κ3) is 5.20. The first-order valence-corrected chi connectivity index (χ1v) is 11.7. The predicted octanol–water partition coefficient (Wildman–Crippen LogP) is 7.91. The van der Waals surface area contributed by atoms with E-state index in [1.54, 1.807) is 24.3 Å². The van der Waals surface area contributed by atoms with Gasteiger partial charge in [0.15, 0.2) is 0 Å². The standard InChI is InChI=1S/C32H25NO2/c1-23(30-13-7-11-27-10-5-6-12-31(27)30)33-22-24-14-20-29(21-15-24)35-32(34)28-18-16-26(17-19-28)25-8-3-2-4-9-25/h2-23H,1H3. The first kappa shape index (κ1) is 22.3. The van der Waals surface area contributed by atoms with Crippen molar-refractivity contribution in [2.24, 2.45) is 4.99 Å². The molecule has 3 nitrogen and oxygen atoms in total. The van der Waals surface area contributed by atoms with Gasteiger partial charge in [0.25, 0.3) is 0 Å². The van der Waals surface area contributed by atoms with Gasteiger partial charge in [-0.3, -0.25) is 4.99 Å². The van der Waals surface area contributed by atoms with Crippen LogP contribution < -0.4 is 4.74 Å². The molecule has 35 heavy (non-hydrogen) atoms. The van der Waals surface area contributed by atoms with Crippen LogP contribution in [0.25, 0.3) is 21.9 Å². The predicted molar refractivity (Wildman–Crippen MR) is 143 cm³/mol. The Hall–Kier alpha value is -4.50. The van der Waals surface area contributed by atoms with Crippen molar-refractivity contribution in [1.82, 2.24) is 0 Å². The molecular formula is C32H25NO2. The second-order valence-electron chi connectivity index (χ2n) is 8.42. The van der Waals surface area contributed by atoms with Crippen LogP contribution >= 0.6 is 0 Å². The molecule has 0 amide bonds. The molecule has 0 fully saturated rings. The van der Waals surface area contributed by atoms with Crippen LogP contribution in [0, 0.1) is 0 Å². The molecule has 0 aliphatic carbocycles. The van der Waals surface area contributed by atoms with E-state index in [2.05, 4.69) is 43.3 Å². The first-order valence-electron chi connectivity index (χ1n) is 11.7. The minimum Gasteiger partial charge on any atom is -0.423 e. The van der Waals surface area contributed by atoms with Crippen LogP contribution in [0.5, 0.6) is 5.75 Å². The summed E-state index contributed by atoms with van der Waals surface area (Å²) in [6.07, 6.45) is 1.86. The number of esters is 1. The molecule has 0 saturated carbocycles. The Morgan fingerprint density at radius 3 is 2.14 bits per heavy atom. The van der Waals surface area contributed by atoms with Crippen molar-refractivity contribution in [3.05, 3.63) is 138 Å². The zero-order valence-corrected chi connectivity index (χ0v) is 19.5. The molecule has 0 radical (unpaired) electrons. The van der Waals surface area contributed by atoms with E-state index in [4.69, 9.17) is 9.73 Å². The number of hydrogen-bond donors (Lipinski definition) is 0. The second-order valence-corrected chi connectivity index (χ2v) is 8.42. The summed E-state index contributed by atoms with van der Waals surface area (Å²) in [4.78, 5) is 17.3. The highest BCUT2D eigenvalue weighted by molar-refractivity contribution is 5.92. The Morgan fingerprint density at radius 1 is 0.714 bits per heavy atom. The summed E-state index contributed by atoms with van der Waals surface area (Å²) >= 11 is 0. The number of fused-ring (bicyclic) bond motifs is 1. The Kier molecular flexibility index (Phi) is 6.49. The topological polar surface area (TPSA) is 38.7 Å². The average molecular weight is 456 g/mol. The van der Waals surface area contributed by atoms with Crippen LogP contribution in [0.2, 0.25) is 0 Å². The van der Waals surface area contributed by atoms with Gasteiger partial charge in [0, 0.05) is 6.21 Å². The Balaban J connectivity index is 1.23. The Bertz CT molecular complexity index is 1470.